The molecule has 2 N–H and O–H groups in total. The highest BCUT2D eigenvalue weighted by Gasteiger charge is 2.29. The van der Waals surface area contributed by atoms with Gasteiger partial charge in [0, 0.05) is 11.5 Å². The third-order valence-corrected chi connectivity index (χ3v) is 4.95. The van der Waals surface area contributed by atoms with Crippen LogP contribution in [0.4, 0.5) is 5.82 Å². The first-order valence-corrected chi connectivity index (χ1v) is 8.14. The minimum atomic E-state index is 0.230. The summed E-state index contributed by atoms with van der Waals surface area (Å²) in [4.78, 5) is 9.06. The summed E-state index contributed by atoms with van der Waals surface area (Å²) >= 11 is 6.97. The molecule has 2 aliphatic rings. The maximum absolute atomic E-state index is 6.01. The Hall–Kier alpha value is -1.34. The number of nitrogens with two attached hydrogens (primary N) is 1. The minimum Gasteiger partial charge on any atom is -0.454 e. The lowest BCUT2D eigenvalue weighted by molar-refractivity contribution is 0.173. The molecule has 4 rings (SSSR count). The molecule has 0 bridgehead atoms. The van der Waals surface area contributed by atoms with Crippen LogP contribution in [0, 0.1) is 0 Å². The lowest BCUT2D eigenvalue weighted by atomic mass is 10.1. The normalized spacial score (nSPS) is 16.3. The SMILES string of the molecule is Nc1nc(-c2cc(Br)c3c(c2)OCO3)nc(C2CC2)c1Br. The zero-order chi connectivity index (χ0) is 14.6. The molecule has 1 aliphatic heterocycles. The van der Waals surface area contributed by atoms with Crippen LogP contribution >= 0.6 is 31.9 Å². The summed E-state index contributed by atoms with van der Waals surface area (Å²) in [5, 5.41) is 0. The number of aromatic nitrogens is 2. The van der Waals surface area contributed by atoms with Crippen molar-refractivity contribution in [2.75, 3.05) is 12.5 Å². The number of halogens is 2. The van der Waals surface area contributed by atoms with E-state index in [1.807, 2.05) is 12.1 Å². The monoisotopic (exact) mass is 411 g/mol. The van der Waals surface area contributed by atoms with E-state index in [4.69, 9.17) is 15.2 Å². The average Bonchev–Trinajstić information content (AvgIpc) is 3.19. The van der Waals surface area contributed by atoms with Crippen molar-refractivity contribution in [1.82, 2.24) is 9.97 Å². The molecule has 0 spiro atoms. The molecular formula is C14H11Br2N3O2. The molecule has 0 atom stereocenters. The lowest BCUT2D eigenvalue weighted by Crippen LogP contribution is -2.02. The standard InChI is InChI=1S/C14H11Br2N3O2/c15-8-3-7(4-9-12(8)21-5-20-9)14-18-11(6-1-2-6)10(16)13(17)19-14/h3-4,6H,1-2,5H2,(H2,17,18,19). The summed E-state index contributed by atoms with van der Waals surface area (Å²) in [6.45, 7) is 0.230. The van der Waals surface area contributed by atoms with E-state index in [0.717, 1.165) is 33.0 Å². The molecule has 21 heavy (non-hydrogen) atoms. The highest BCUT2D eigenvalue weighted by atomic mass is 79.9. The van der Waals surface area contributed by atoms with Crippen molar-refractivity contribution in [3.05, 3.63) is 26.8 Å². The number of nitrogens with zero attached hydrogens (tertiary/aromatic N) is 2. The second kappa shape index (κ2) is 4.84. The van der Waals surface area contributed by atoms with Gasteiger partial charge in [-0.1, -0.05) is 0 Å². The van der Waals surface area contributed by atoms with Crippen molar-refractivity contribution in [2.45, 2.75) is 18.8 Å². The molecule has 2 heterocycles. The Balaban J connectivity index is 1.85. The summed E-state index contributed by atoms with van der Waals surface area (Å²) in [5.41, 5.74) is 7.86. The molecule has 1 saturated carbocycles. The van der Waals surface area contributed by atoms with Crippen LogP contribution in [-0.4, -0.2) is 16.8 Å². The first-order valence-electron chi connectivity index (χ1n) is 6.56. The second-order valence-corrected chi connectivity index (χ2v) is 6.75. The van der Waals surface area contributed by atoms with Crippen LogP contribution in [0.1, 0.15) is 24.5 Å². The fourth-order valence-corrected chi connectivity index (χ4v) is 3.39. The van der Waals surface area contributed by atoms with Crippen molar-refractivity contribution in [2.24, 2.45) is 0 Å². The molecule has 1 aromatic carbocycles. The summed E-state index contributed by atoms with van der Waals surface area (Å²) < 4.78 is 12.5. The molecule has 2 aromatic rings. The largest absolute Gasteiger partial charge is 0.454 e. The van der Waals surface area contributed by atoms with Gasteiger partial charge in [0.2, 0.25) is 6.79 Å². The van der Waals surface area contributed by atoms with Gasteiger partial charge in [-0.25, -0.2) is 9.97 Å². The van der Waals surface area contributed by atoms with Gasteiger partial charge in [0.05, 0.1) is 14.6 Å². The van der Waals surface area contributed by atoms with Crippen molar-refractivity contribution in [1.29, 1.82) is 0 Å². The Morgan fingerprint density at radius 3 is 2.71 bits per heavy atom. The Labute approximate surface area is 138 Å². The summed E-state index contributed by atoms with van der Waals surface area (Å²) in [6, 6.07) is 3.80. The predicted molar refractivity (Wildman–Crippen MR) is 85.4 cm³/mol. The Morgan fingerprint density at radius 2 is 1.95 bits per heavy atom. The topological polar surface area (TPSA) is 70.3 Å². The third-order valence-electron chi connectivity index (χ3n) is 3.55. The van der Waals surface area contributed by atoms with Crippen LogP contribution in [-0.2, 0) is 0 Å². The Bertz CT molecular complexity index is 747. The van der Waals surface area contributed by atoms with Gasteiger partial charge in [-0.2, -0.15) is 0 Å². The van der Waals surface area contributed by atoms with Gasteiger partial charge >= 0.3 is 0 Å². The number of hydrogen-bond donors (Lipinski definition) is 1. The zero-order valence-corrected chi connectivity index (χ0v) is 14.1. The van der Waals surface area contributed by atoms with Crippen molar-refractivity contribution < 1.29 is 9.47 Å². The maximum atomic E-state index is 6.01. The van der Waals surface area contributed by atoms with E-state index in [0.29, 0.717) is 29.1 Å². The molecule has 1 fully saturated rings. The van der Waals surface area contributed by atoms with E-state index >= 15 is 0 Å². The van der Waals surface area contributed by atoms with E-state index in [1.54, 1.807) is 0 Å². The van der Waals surface area contributed by atoms with Crippen molar-refractivity contribution in [3.8, 4) is 22.9 Å². The van der Waals surface area contributed by atoms with Crippen LogP contribution in [0.2, 0.25) is 0 Å². The first kappa shape index (κ1) is 13.3. The van der Waals surface area contributed by atoms with Gasteiger partial charge in [-0.15, -0.1) is 0 Å². The summed E-state index contributed by atoms with van der Waals surface area (Å²) in [7, 11) is 0. The minimum absolute atomic E-state index is 0.230. The van der Waals surface area contributed by atoms with Gasteiger partial charge in [-0.05, 0) is 56.8 Å². The molecule has 1 aliphatic carbocycles. The van der Waals surface area contributed by atoms with Crippen LogP contribution in [0.5, 0.6) is 11.5 Å². The van der Waals surface area contributed by atoms with Crippen LogP contribution in [0.15, 0.2) is 21.1 Å². The van der Waals surface area contributed by atoms with Crippen molar-refractivity contribution >= 4 is 37.7 Å². The van der Waals surface area contributed by atoms with E-state index < -0.39 is 0 Å². The maximum Gasteiger partial charge on any atom is 0.231 e. The van der Waals surface area contributed by atoms with E-state index in [9.17, 15) is 0 Å². The highest BCUT2D eigenvalue weighted by molar-refractivity contribution is 9.11. The average molecular weight is 413 g/mol. The van der Waals surface area contributed by atoms with Gasteiger partial charge in [0.1, 0.15) is 5.82 Å². The highest BCUT2D eigenvalue weighted by Crippen LogP contribution is 2.45. The fourth-order valence-electron chi connectivity index (χ4n) is 2.34. The second-order valence-electron chi connectivity index (χ2n) is 5.10. The Kier molecular flexibility index (Phi) is 3.08. The van der Waals surface area contributed by atoms with Crippen molar-refractivity contribution in [3.63, 3.8) is 0 Å². The number of anilines is 1. The molecule has 7 heteroatoms. The molecule has 0 radical (unpaired) electrons. The van der Waals surface area contributed by atoms with E-state index in [-0.39, 0.29) is 6.79 Å². The third kappa shape index (κ3) is 2.28. The predicted octanol–water partition coefficient (Wildman–Crippen LogP) is 3.86. The molecular weight excluding hydrogens is 402 g/mol. The fraction of sp³-hybridized carbons (Fsp3) is 0.286. The van der Waals surface area contributed by atoms with E-state index in [1.165, 1.54) is 0 Å². The van der Waals surface area contributed by atoms with Gasteiger partial charge in [0.25, 0.3) is 0 Å². The molecule has 0 amide bonds. The summed E-state index contributed by atoms with van der Waals surface area (Å²) in [5.74, 6) is 2.97. The molecule has 1 aromatic heterocycles. The van der Waals surface area contributed by atoms with Crippen LogP contribution < -0.4 is 15.2 Å². The number of hydrogen-bond acceptors (Lipinski definition) is 5. The number of benzene rings is 1. The molecule has 5 nitrogen and oxygen atoms in total. The number of nitrogen functional groups attached to an aromatic ring is 1. The molecule has 0 saturated heterocycles. The lowest BCUT2D eigenvalue weighted by Gasteiger charge is -2.09. The van der Waals surface area contributed by atoms with Gasteiger partial charge in [-0.3, -0.25) is 0 Å². The van der Waals surface area contributed by atoms with Crippen LogP contribution in [0.25, 0.3) is 11.4 Å². The molecule has 108 valence electrons. The number of ether oxygens (including phenoxy) is 2. The quantitative estimate of drug-likeness (QED) is 0.810. The van der Waals surface area contributed by atoms with Gasteiger partial charge < -0.3 is 15.2 Å². The van der Waals surface area contributed by atoms with E-state index in [2.05, 4.69) is 41.8 Å². The molecule has 0 unspecified atom stereocenters. The first-order chi connectivity index (χ1) is 10.1. The zero-order valence-electron chi connectivity index (χ0n) is 10.9. The number of fused-ring (bicyclic) bond motifs is 1. The van der Waals surface area contributed by atoms with Crippen LogP contribution in [0.3, 0.4) is 0 Å². The van der Waals surface area contributed by atoms with Gasteiger partial charge in [0.15, 0.2) is 17.3 Å². The number of rotatable bonds is 2. The summed E-state index contributed by atoms with van der Waals surface area (Å²) in [6.07, 6.45) is 2.30. The Morgan fingerprint density at radius 1 is 1.14 bits per heavy atom. The smallest absolute Gasteiger partial charge is 0.231 e.